The van der Waals surface area contributed by atoms with Gasteiger partial charge in [0, 0.05) is 0 Å². The molecular weight excluding hydrogens is 220 g/mol. The number of methoxy groups -OCH3 is 1. The van der Waals surface area contributed by atoms with E-state index < -0.39 is 11.9 Å². The standard InChI is InChI=1S/C9H9F2N3O2/c1-16-8(15)7-12-2-6(3-13-7)14-4-9(10,11)5-14/h2-3H,4-5H2,1H3. The SMILES string of the molecule is COC(=O)c1ncc(N2CC(F)(F)C2)cn1. The number of carbonyl (C=O) groups excluding carboxylic acids is 1. The van der Waals surface area contributed by atoms with Crippen molar-refractivity contribution in [1.82, 2.24) is 9.97 Å². The lowest BCUT2D eigenvalue weighted by Gasteiger charge is -2.39. The largest absolute Gasteiger partial charge is 0.463 e. The summed E-state index contributed by atoms with van der Waals surface area (Å²) in [6, 6.07) is 0. The van der Waals surface area contributed by atoms with Crippen molar-refractivity contribution < 1.29 is 18.3 Å². The first-order chi connectivity index (χ1) is 7.52. The number of hydrogen-bond acceptors (Lipinski definition) is 5. The molecule has 0 radical (unpaired) electrons. The highest BCUT2D eigenvalue weighted by molar-refractivity contribution is 5.85. The molecule has 1 aliphatic rings. The molecule has 1 aromatic heterocycles. The van der Waals surface area contributed by atoms with Crippen LogP contribution in [0.3, 0.4) is 0 Å². The molecule has 0 aliphatic carbocycles. The van der Waals surface area contributed by atoms with Crippen LogP contribution in [0.2, 0.25) is 0 Å². The van der Waals surface area contributed by atoms with Gasteiger partial charge in [0.1, 0.15) is 0 Å². The summed E-state index contributed by atoms with van der Waals surface area (Å²) in [4.78, 5) is 19.9. The van der Waals surface area contributed by atoms with Crippen molar-refractivity contribution >= 4 is 11.7 Å². The first-order valence-corrected chi connectivity index (χ1v) is 4.55. The maximum Gasteiger partial charge on any atom is 0.376 e. The normalized spacial score (nSPS) is 17.8. The molecule has 2 heterocycles. The Balaban J connectivity index is 2.06. The Morgan fingerprint density at radius 3 is 2.44 bits per heavy atom. The third-order valence-electron chi connectivity index (χ3n) is 2.22. The van der Waals surface area contributed by atoms with Gasteiger partial charge >= 0.3 is 5.97 Å². The molecule has 0 bridgehead atoms. The molecule has 0 saturated carbocycles. The number of ether oxygens (including phenoxy) is 1. The summed E-state index contributed by atoms with van der Waals surface area (Å²) in [5.74, 6) is -3.37. The van der Waals surface area contributed by atoms with Gasteiger partial charge in [0.05, 0.1) is 38.3 Å². The second kappa shape index (κ2) is 3.66. The summed E-state index contributed by atoms with van der Waals surface area (Å²) < 4.78 is 29.6. The highest BCUT2D eigenvalue weighted by Gasteiger charge is 2.44. The van der Waals surface area contributed by atoms with Crippen LogP contribution in [0, 0.1) is 0 Å². The van der Waals surface area contributed by atoms with E-state index in [9.17, 15) is 13.6 Å². The van der Waals surface area contributed by atoms with Crippen LogP contribution in [0.4, 0.5) is 14.5 Å². The van der Waals surface area contributed by atoms with Gasteiger partial charge in [0.15, 0.2) is 0 Å². The Hall–Kier alpha value is -1.79. The fraction of sp³-hybridized carbons (Fsp3) is 0.444. The van der Waals surface area contributed by atoms with E-state index in [-0.39, 0.29) is 18.9 Å². The van der Waals surface area contributed by atoms with Gasteiger partial charge in [-0.15, -0.1) is 0 Å². The van der Waals surface area contributed by atoms with E-state index in [1.54, 1.807) is 0 Å². The number of aromatic nitrogens is 2. The topological polar surface area (TPSA) is 55.3 Å². The lowest BCUT2D eigenvalue weighted by Crippen LogP contribution is -2.56. The predicted molar refractivity (Wildman–Crippen MR) is 50.5 cm³/mol. The Morgan fingerprint density at radius 1 is 1.44 bits per heavy atom. The first-order valence-electron chi connectivity index (χ1n) is 4.55. The first kappa shape index (κ1) is 10.7. The van der Waals surface area contributed by atoms with Crippen molar-refractivity contribution in [3.8, 4) is 0 Å². The molecule has 86 valence electrons. The summed E-state index contributed by atoms with van der Waals surface area (Å²) in [5, 5.41) is 0. The zero-order valence-electron chi connectivity index (χ0n) is 8.48. The Morgan fingerprint density at radius 2 is 2.00 bits per heavy atom. The van der Waals surface area contributed by atoms with Crippen LogP contribution < -0.4 is 4.90 Å². The molecule has 0 spiro atoms. The van der Waals surface area contributed by atoms with Crippen molar-refractivity contribution in [3.63, 3.8) is 0 Å². The molecule has 0 aromatic carbocycles. The van der Waals surface area contributed by atoms with E-state index in [0.717, 1.165) is 0 Å². The second-order valence-electron chi connectivity index (χ2n) is 3.47. The second-order valence-corrected chi connectivity index (χ2v) is 3.47. The van der Waals surface area contributed by atoms with Crippen molar-refractivity contribution in [1.29, 1.82) is 0 Å². The molecule has 1 fully saturated rings. The monoisotopic (exact) mass is 229 g/mol. The minimum Gasteiger partial charge on any atom is -0.463 e. The highest BCUT2D eigenvalue weighted by Crippen LogP contribution is 2.30. The number of hydrogen-bond donors (Lipinski definition) is 0. The van der Waals surface area contributed by atoms with Gasteiger partial charge in [0.25, 0.3) is 5.92 Å². The van der Waals surface area contributed by atoms with Gasteiger partial charge in [-0.2, -0.15) is 0 Å². The minimum atomic E-state index is -2.64. The van der Waals surface area contributed by atoms with E-state index in [0.29, 0.717) is 5.69 Å². The zero-order valence-corrected chi connectivity index (χ0v) is 8.48. The average Bonchev–Trinajstić information content (AvgIpc) is 2.25. The maximum absolute atomic E-state index is 12.6. The van der Waals surface area contributed by atoms with E-state index in [1.165, 1.54) is 24.4 Å². The molecule has 7 heteroatoms. The van der Waals surface area contributed by atoms with Crippen LogP contribution in [0.15, 0.2) is 12.4 Å². The fourth-order valence-corrected chi connectivity index (χ4v) is 1.38. The summed E-state index contributed by atoms with van der Waals surface area (Å²) in [5.41, 5.74) is 0.471. The molecule has 1 aliphatic heterocycles. The highest BCUT2D eigenvalue weighted by atomic mass is 19.3. The van der Waals surface area contributed by atoms with Crippen LogP contribution in [0.25, 0.3) is 0 Å². The van der Waals surface area contributed by atoms with Crippen molar-refractivity contribution in [3.05, 3.63) is 18.2 Å². The van der Waals surface area contributed by atoms with Crippen LogP contribution in [0.5, 0.6) is 0 Å². The molecule has 1 aromatic rings. The van der Waals surface area contributed by atoms with Crippen molar-refractivity contribution in [2.75, 3.05) is 25.1 Å². The Kier molecular flexibility index (Phi) is 2.45. The number of alkyl halides is 2. The molecule has 1 saturated heterocycles. The third-order valence-corrected chi connectivity index (χ3v) is 2.22. The molecule has 5 nitrogen and oxygen atoms in total. The minimum absolute atomic E-state index is 0.0847. The van der Waals surface area contributed by atoms with E-state index in [1.807, 2.05) is 0 Å². The molecule has 16 heavy (non-hydrogen) atoms. The number of rotatable bonds is 2. The molecule has 0 unspecified atom stereocenters. The van der Waals surface area contributed by atoms with E-state index in [2.05, 4.69) is 14.7 Å². The Labute approximate surface area is 90.1 Å². The quantitative estimate of drug-likeness (QED) is 0.699. The molecule has 2 rings (SSSR count). The number of halogens is 2. The number of esters is 1. The lowest BCUT2D eigenvalue weighted by molar-refractivity contribution is -0.0263. The predicted octanol–water partition coefficient (Wildman–Crippen LogP) is 0.719. The van der Waals surface area contributed by atoms with E-state index in [4.69, 9.17) is 0 Å². The van der Waals surface area contributed by atoms with Crippen LogP contribution in [-0.2, 0) is 4.74 Å². The van der Waals surface area contributed by atoms with E-state index >= 15 is 0 Å². The van der Waals surface area contributed by atoms with Gasteiger partial charge in [-0.3, -0.25) is 0 Å². The molecule has 0 atom stereocenters. The number of anilines is 1. The number of carbonyl (C=O) groups is 1. The third kappa shape index (κ3) is 1.93. The lowest BCUT2D eigenvalue weighted by atomic mass is 10.1. The van der Waals surface area contributed by atoms with Crippen molar-refractivity contribution in [2.45, 2.75) is 5.92 Å². The molecule has 0 amide bonds. The summed E-state index contributed by atoms with van der Waals surface area (Å²) in [6.07, 6.45) is 2.66. The van der Waals surface area contributed by atoms with Crippen LogP contribution in [-0.4, -0.2) is 42.1 Å². The van der Waals surface area contributed by atoms with Gasteiger partial charge < -0.3 is 9.64 Å². The Bertz CT molecular complexity index is 400. The summed E-state index contributed by atoms with van der Waals surface area (Å²) in [6.45, 7) is -0.679. The fourth-order valence-electron chi connectivity index (χ4n) is 1.38. The average molecular weight is 229 g/mol. The maximum atomic E-state index is 12.6. The van der Waals surface area contributed by atoms with Gasteiger partial charge in [-0.05, 0) is 0 Å². The summed E-state index contributed by atoms with van der Waals surface area (Å²) >= 11 is 0. The molecule has 0 N–H and O–H groups in total. The van der Waals surface area contributed by atoms with Crippen LogP contribution >= 0.6 is 0 Å². The van der Waals surface area contributed by atoms with Crippen molar-refractivity contribution in [2.24, 2.45) is 0 Å². The van der Waals surface area contributed by atoms with Crippen LogP contribution in [0.1, 0.15) is 10.6 Å². The molecular formula is C9H9F2N3O2. The van der Waals surface area contributed by atoms with Gasteiger partial charge in [-0.1, -0.05) is 0 Å². The summed E-state index contributed by atoms with van der Waals surface area (Å²) in [7, 11) is 1.22. The number of nitrogens with zero attached hydrogens (tertiary/aromatic N) is 3. The van der Waals surface area contributed by atoms with Gasteiger partial charge in [-0.25, -0.2) is 23.5 Å². The zero-order chi connectivity index (χ0) is 11.8. The smallest absolute Gasteiger partial charge is 0.376 e. The van der Waals surface area contributed by atoms with Gasteiger partial charge in [0.2, 0.25) is 5.82 Å².